The van der Waals surface area contributed by atoms with Gasteiger partial charge in [-0.25, -0.2) is 0 Å². The number of hydrogen-bond acceptors (Lipinski definition) is 2. The van der Waals surface area contributed by atoms with E-state index in [1.54, 1.807) is 0 Å². The lowest BCUT2D eigenvalue weighted by atomic mass is 10.1. The van der Waals surface area contributed by atoms with Crippen molar-refractivity contribution in [3.8, 4) is 0 Å². The average molecular weight is 291 g/mol. The summed E-state index contributed by atoms with van der Waals surface area (Å²) in [5.74, 6) is 0.513. The molecule has 5 heteroatoms. The Hall–Kier alpha value is -0.340. The van der Waals surface area contributed by atoms with Crippen LogP contribution in [0.1, 0.15) is 25.3 Å². The standard InChI is InChI=1S/C13H20ClO3P/c1-12(11-13-7-3-2-4-8-13)17-18(15,16)10-6-5-9-14/h2-4,7-8,12H,5-6,9-11H2,1H3,(H,15,16). The van der Waals surface area contributed by atoms with Crippen molar-refractivity contribution in [1.29, 1.82) is 0 Å². The topological polar surface area (TPSA) is 46.5 Å². The van der Waals surface area contributed by atoms with Crippen LogP contribution >= 0.6 is 19.2 Å². The molecule has 3 nitrogen and oxygen atoms in total. The summed E-state index contributed by atoms with van der Waals surface area (Å²) in [7, 11) is -3.47. The first kappa shape index (κ1) is 15.7. The number of benzene rings is 1. The Morgan fingerprint density at radius 2 is 2.00 bits per heavy atom. The van der Waals surface area contributed by atoms with Gasteiger partial charge in [-0.2, -0.15) is 0 Å². The summed E-state index contributed by atoms with van der Waals surface area (Å²) < 4.78 is 17.0. The van der Waals surface area contributed by atoms with Crippen molar-refractivity contribution in [2.24, 2.45) is 0 Å². The SMILES string of the molecule is CC(Cc1ccccc1)OP(=O)(O)CCCCCl. The van der Waals surface area contributed by atoms with Gasteiger partial charge >= 0.3 is 7.60 Å². The van der Waals surface area contributed by atoms with E-state index in [1.807, 2.05) is 37.3 Å². The van der Waals surface area contributed by atoms with Crippen LogP contribution in [0.3, 0.4) is 0 Å². The van der Waals surface area contributed by atoms with E-state index >= 15 is 0 Å². The minimum Gasteiger partial charge on any atom is -0.324 e. The Balaban J connectivity index is 2.39. The Morgan fingerprint density at radius 3 is 2.61 bits per heavy atom. The second kappa shape index (κ2) is 7.96. The van der Waals surface area contributed by atoms with E-state index in [0.717, 1.165) is 12.0 Å². The first-order valence-corrected chi connectivity index (χ1v) is 8.43. The minimum absolute atomic E-state index is 0.179. The van der Waals surface area contributed by atoms with Crippen LogP contribution in [0.15, 0.2) is 30.3 Å². The van der Waals surface area contributed by atoms with Crippen molar-refractivity contribution in [3.63, 3.8) is 0 Å². The predicted octanol–water partition coefficient (Wildman–Crippen LogP) is 3.84. The third kappa shape index (κ3) is 6.55. The normalized spacial score (nSPS) is 16.2. The van der Waals surface area contributed by atoms with Gasteiger partial charge in [0.15, 0.2) is 0 Å². The number of alkyl halides is 1. The molecule has 0 heterocycles. The lowest BCUT2D eigenvalue weighted by Crippen LogP contribution is -2.11. The molecule has 102 valence electrons. The molecule has 1 aromatic carbocycles. The lowest BCUT2D eigenvalue weighted by Gasteiger charge is -2.18. The molecule has 0 bridgehead atoms. The zero-order valence-electron chi connectivity index (χ0n) is 10.6. The molecule has 0 aliphatic heterocycles. The summed E-state index contributed by atoms with van der Waals surface area (Å²) >= 11 is 5.53. The summed E-state index contributed by atoms with van der Waals surface area (Å²) in [4.78, 5) is 9.68. The van der Waals surface area contributed by atoms with Crippen molar-refractivity contribution in [3.05, 3.63) is 35.9 Å². The largest absolute Gasteiger partial charge is 0.328 e. The van der Waals surface area contributed by atoms with E-state index in [0.29, 0.717) is 18.7 Å². The highest BCUT2D eigenvalue weighted by molar-refractivity contribution is 7.52. The molecule has 2 atom stereocenters. The molecular weight excluding hydrogens is 271 g/mol. The van der Waals surface area contributed by atoms with Crippen LogP contribution in [0.5, 0.6) is 0 Å². The smallest absolute Gasteiger partial charge is 0.324 e. The summed E-state index contributed by atoms with van der Waals surface area (Å²) in [5.41, 5.74) is 1.10. The molecule has 0 saturated carbocycles. The van der Waals surface area contributed by atoms with Crippen LogP contribution in [-0.2, 0) is 15.5 Å². The van der Waals surface area contributed by atoms with Crippen molar-refractivity contribution in [2.45, 2.75) is 32.3 Å². The fourth-order valence-electron chi connectivity index (χ4n) is 1.72. The quantitative estimate of drug-likeness (QED) is 0.449. The van der Waals surface area contributed by atoms with Crippen molar-refractivity contribution < 1.29 is 14.0 Å². The summed E-state index contributed by atoms with van der Waals surface area (Å²) in [6, 6.07) is 9.80. The third-order valence-electron chi connectivity index (χ3n) is 2.53. The molecule has 0 amide bonds. The minimum atomic E-state index is -3.47. The van der Waals surface area contributed by atoms with E-state index in [4.69, 9.17) is 16.1 Å². The van der Waals surface area contributed by atoms with Gasteiger partial charge in [0.1, 0.15) is 0 Å². The molecule has 18 heavy (non-hydrogen) atoms. The van der Waals surface area contributed by atoms with Crippen LogP contribution in [0.25, 0.3) is 0 Å². The van der Waals surface area contributed by atoms with Gasteiger partial charge in [-0.3, -0.25) is 4.57 Å². The maximum Gasteiger partial charge on any atom is 0.328 e. The Labute approximate surface area is 114 Å². The summed E-state index contributed by atoms with van der Waals surface area (Å²) in [5, 5.41) is 0. The Bertz CT molecular complexity index is 383. The van der Waals surface area contributed by atoms with Crippen molar-refractivity contribution >= 4 is 19.2 Å². The Morgan fingerprint density at radius 1 is 1.33 bits per heavy atom. The molecule has 0 fully saturated rings. The van der Waals surface area contributed by atoms with Crippen molar-refractivity contribution in [1.82, 2.24) is 0 Å². The van der Waals surface area contributed by atoms with E-state index in [1.165, 1.54) is 0 Å². The fraction of sp³-hybridized carbons (Fsp3) is 0.538. The molecular formula is C13H20ClO3P. The van der Waals surface area contributed by atoms with Gasteiger partial charge in [-0.15, -0.1) is 11.6 Å². The zero-order valence-corrected chi connectivity index (χ0v) is 12.2. The molecule has 1 rings (SSSR count). The first-order valence-electron chi connectivity index (χ1n) is 6.13. The molecule has 1 N–H and O–H groups in total. The predicted molar refractivity (Wildman–Crippen MR) is 75.3 cm³/mol. The zero-order chi connectivity index (χ0) is 13.4. The van der Waals surface area contributed by atoms with Crippen LogP contribution in [-0.4, -0.2) is 23.0 Å². The average Bonchev–Trinajstić information content (AvgIpc) is 2.29. The van der Waals surface area contributed by atoms with Gasteiger partial charge in [0.2, 0.25) is 0 Å². The van der Waals surface area contributed by atoms with E-state index in [9.17, 15) is 9.46 Å². The highest BCUT2D eigenvalue weighted by Crippen LogP contribution is 2.44. The van der Waals surface area contributed by atoms with Gasteiger partial charge in [0.25, 0.3) is 0 Å². The molecule has 2 unspecified atom stereocenters. The highest BCUT2D eigenvalue weighted by Gasteiger charge is 2.22. The molecule has 1 aromatic rings. The molecule has 0 spiro atoms. The number of rotatable bonds is 8. The number of hydrogen-bond donors (Lipinski definition) is 1. The van der Waals surface area contributed by atoms with Gasteiger partial charge in [0, 0.05) is 5.88 Å². The second-order valence-electron chi connectivity index (χ2n) is 4.36. The van der Waals surface area contributed by atoms with Gasteiger partial charge < -0.3 is 9.42 Å². The second-order valence-corrected chi connectivity index (χ2v) is 6.67. The Kier molecular flexibility index (Phi) is 6.95. The summed E-state index contributed by atoms with van der Waals surface area (Å²) in [6.07, 6.45) is 1.91. The molecule has 0 saturated heterocycles. The highest BCUT2D eigenvalue weighted by atomic mass is 35.5. The number of unbranched alkanes of at least 4 members (excludes halogenated alkanes) is 1. The van der Waals surface area contributed by atoms with E-state index < -0.39 is 7.60 Å². The summed E-state index contributed by atoms with van der Waals surface area (Å²) in [6.45, 7) is 1.82. The molecule has 0 aromatic heterocycles. The van der Waals surface area contributed by atoms with E-state index in [2.05, 4.69) is 0 Å². The maximum absolute atomic E-state index is 11.8. The van der Waals surface area contributed by atoms with Gasteiger partial charge in [-0.05, 0) is 31.7 Å². The lowest BCUT2D eigenvalue weighted by molar-refractivity contribution is 0.189. The fourth-order valence-corrected chi connectivity index (χ4v) is 3.28. The maximum atomic E-state index is 11.8. The third-order valence-corrected chi connectivity index (χ3v) is 4.37. The van der Waals surface area contributed by atoms with Gasteiger partial charge in [-0.1, -0.05) is 30.3 Å². The molecule has 0 aliphatic rings. The van der Waals surface area contributed by atoms with E-state index in [-0.39, 0.29) is 12.3 Å². The van der Waals surface area contributed by atoms with Crippen LogP contribution < -0.4 is 0 Å². The van der Waals surface area contributed by atoms with Crippen LogP contribution in [0.2, 0.25) is 0 Å². The number of halogens is 1. The molecule has 0 aliphatic carbocycles. The van der Waals surface area contributed by atoms with Crippen LogP contribution in [0.4, 0.5) is 0 Å². The molecule has 0 radical (unpaired) electrons. The first-order chi connectivity index (χ1) is 8.53. The monoisotopic (exact) mass is 290 g/mol. The van der Waals surface area contributed by atoms with Gasteiger partial charge in [0.05, 0.1) is 12.3 Å². The van der Waals surface area contributed by atoms with Crippen molar-refractivity contribution in [2.75, 3.05) is 12.0 Å². The van der Waals surface area contributed by atoms with Crippen LogP contribution in [0, 0.1) is 0 Å².